The van der Waals surface area contributed by atoms with E-state index >= 15 is 0 Å². The summed E-state index contributed by atoms with van der Waals surface area (Å²) in [4.78, 5) is 7.85. The highest BCUT2D eigenvalue weighted by molar-refractivity contribution is 5.16. The summed E-state index contributed by atoms with van der Waals surface area (Å²) in [7, 11) is 4.23. The van der Waals surface area contributed by atoms with Crippen molar-refractivity contribution in [3.63, 3.8) is 0 Å². The van der Waals surface area contributed by atoms with Gasteiger partial charge in [0.15, 0.2) is 0 Å². The number of hydroxylamine groups is 1. The first-order valence-electron chi connectivity index (χ1n) is 14.1. The lowest BCUT2D eigenvalue weighted by Gasteiger charge is -2.63. The first-order valence-corrected chi connectivity index (χ1v) is 14.1. The number of aliphatic hydroxyl groups is 2. The third kappa shape index (κ3) is 4.91. The maximum atomic E-state index is 12.3. The lowest BCUT2D eigenvalue weighted by atomic mass is 9.43. The van der Waals surface area contributed by atoms with E-state index in [0.29, 0.717) is 29.1 Å². The third-order valence-electron chi connectivity index (χ3n) is 11.1. The van der Waals surface area contributed by atoms with E-state index in [1.807, 2.05) is 0 Å². The number of hydrogen-bond donors (Lipinski definition) is 3. The molecule has 0 aromatic carbocycles. The summed E-state index contributed by atoms with van der Waals surface area (Å²) in [5.41, 5.74) is 3.09. The van der Waals surface area contributed by atoms with Crippen molar-refractivity contribution in [2.24, 2.45) is 34.5 Å². The molecule has 4 aliphatic carbocycles. The van der Waals surface area contributed by atoms with E-state index in [1.54, 1.807) is 0 Å². The third-order valence-corrected chi connectivity index (χ3v) is 11.1. The van der Waals surface area contributed by atoms with Gasteiger partial charge in [-0.15, -0.1) is 0 Å². The molecule has 0 aliphatic heterocycles. The Bertz CT molecular complexity index is 645. The van der Waals surface area contributed by atoms with Crippen LogP contribution in [-0.4, -0.2) is 60.6 Å². The molecular weight excluding hydrogens is 412 g/mol. The van der Waals surface area contributed by atoms with E-state index in [9.17, 15) is 10.2 Å². The molecule has 4 aliphatic rings. The molecule has 4 rings (SSSR count). The van der Waals surface area contributed by atoms with Gasteiger partial charge in [0.1, 0.15) is 0 Å². The second-order valence-electron chi connectivity index (χ2n) is 12.9. The molecular formula is C28H52N2O3. The monoisotopic (exact) mass is 464 g/mol. The molecule has 0 amide bonds. The van der Waals surface area contributed by atoms with Crippen LogP contribution in [0, 0.1) is 34.5 Å². The van der Waals surface area contributed by atoms with Crippen LogP contribution in [0.15, 0.2) is 0 Å². The summed E-state index contributed by atoms with van der Waals surface area (Å²) in [5.74, 6) is 2.38. The van der Waals surface area contributed by atoms with Crippen molar-refractivity contribution in [3.05, 3.63) is 0 Å². The van der Waals surface area contributed by atoms with Gasteiger partial charge in [0.05, 0.1) is 18.3 Å². The molecule has 3 unspecified atom stereocenters. The van der Waals surface area contributed by atoms with E-state index in [2.05, 4.69) is 38.3 Å². The van der Waals surface area contributed by atoms with E-state index in [4.69, 9.17) is 4.84 Å². The Labute approximate surface area is 203 Å². The molecule has 4 fully saturated rings. The van der Waals surface area contributed by atoms with Crippen molar-refractivity contribution in [3.8, 4) is 0 Å². The minimum Gasteiger partial charge on any atom is -0.393 e. The van der Waals surface area contributed by atoms with Crippen LogP contribution in [0.1, 0.15) is 97.3 Å². The number of rotatable bonds is 10. The zero-order valence-corrected chi connectivity index (χ0v) is 22.0. The number of nitrogens with zero attached hydrogens (tertiary/aromatic N) is 1. The van der Waals surface area contributed by atoms with Crippen LogP contribution in [0.2, 0.25) is 0 Å². The molecule has 8 atom stereocenters. The molecule has 0 spiro atoms. The minimum absolute atomic E-state index is 0.0680. The maximum Gasteiger partial charge on any atom is 0.0734 e. The molecule has 0 radical (unpaired) electrons. The topological polar surface area (TPSA) is 65.0 Å². The first-order chi connectivity index (χ1) is 15.7. The van der Waals surface area contributed by atoms with Crippen LogP contribution >= 0.6 is 0 Å². The van der Waals surface area contributed by atoms with Crippen molar-refractivity contribution in [2.45, 2.75) is 109 Å². The maximum absolute atomic E-state index is 12.3. The summed E-state index contributed by atoms with van der Waals surface area (Å²) < 4.78 is 0. The molecule has 5 heteroatoms. The van der Waals surface area contributed by atoms with Gasteiger partial charge in [0.2, 0.25) is 0 Å². The number of unbranched alkanes of at least 4 members (excludes halogenated alkanes) is 1. The summed E-state index contributed by atoms with van der Waals surface area (Å²) in [6, 6.07) is 0. The average molecular weight is 465 g/mol. The number of nitrogens with one attached hydrogen (secondary N) is 1. The van der Waals surface area contributed by atoms with Crippen LogP contribution in [0.5, 0.6) is 0 Å². The molecule has 0 heterocycles. The van der Waals surface area contributed by atoms with E-state index in [-0.39, 0.29) is 11.5 Å². The van der Waals surface area contributed by atoms with Gasteiger partial charge in [-0.25, -0.2) is 5.48 Å². The highest BCUT2D eigenvalue weighted by Gasteiger charge is 2.66. The smallest absolute Gasteiger partial charge is 0.0734 e. The quantitative estimate of drug-likeness (QED) is 0.321. The molecule has 192 valence electrons. The lowest BCUT2D eigenvalue weighted by Crippen LogP contribution is -2.62. The molecule has 33 heavy (non-hydrogen) atoms. The number of hydrogen-bond acceptors (Lipinski definition) is 5. The minimum atomic E-state index is -0.485. The van der Waals surface area contributed by atoms with Crippen molar-refractivity contribution in [1.82, 2.24) is 10.4 Å². The van der Waals surface area contributed by atoms with Gasteiger partial charge < -0.3 is 20.0 Å². The Balaban J connectivity index is 1.27. The van der Waals surface area contributed by atoms with E-state index in [1.165, 1.54) is 44.9 Å². The standard InChI is InChI=1S/C28H52N2O3/c1-26-14-12-23(31)20-22(26)9-10-25-24(26)13-15-27(2)21(11-16-28(25,27)32)8-7-17-29-33-19-6-5-18-30(3)4/h21-25,29,31-32H,5-20H2,1-4H3/t21?,22?,23?,24-,25-,26+,27-,28-/m1/s1. The SMILES string of the molecule is CN(C)CCCCONCCCC1CC[C@@]2(O)[C@@H]3CCC4CC(O)CC[C@]4(C)[C@@H]3CC[C@]12C. The van der Waals surface area contributed by atoms with Gasteiger partial charge in [-0.2, -0.15) is 0 Å². The second kappa shape index (κ2) is 10.4. The predicted molar refractivity (Wildman–Crippen MR) is 134 cm³/mol. The van der Waals surface area contributed by atoms with Crippen LogP contribution in [0.25, 0.3) is 0 Å². The van der Waals surface area contributed by atoms with Gasteiger partial charge in [-0.1, -0.05) is 13.8 Å². The van der Waals surface area contributed by atoms with Crippen LogP contribution in [0.3, 0.4) is 0 Å². The van der Waals surface area contributed by atoms with Crippen LogP contribution < -0.4 is 5.48 Å². The molecule has 0 saturated heterocycles. The zero-order chi connectivity index (χ0) is 23.7. The van der Waals surface area contributed by atoms with Crippen molar-refractivity contribution < 1.29 is 15.1 Å². The average Bonchev–Trinajstić information content (AvgIpc) is 3.04. The normalized spacial score (nSPS) is 45.0. The lowest BCUT2D eigenvalue weighted by molar-refractivity contribution is -0.210. The summed E-state index contributed by atoms with van der Waals surface area (Å²) in [5, 5.41) is 22.5. The fourth-order valence-electron chi connectivity index (χ4n) is 8.94. The number of aliphatic hydroxyl groups excluding tert-OH is 1. The molecule has 4 saturated carbocycles. The molecule has 0 aromatic heterocycles. The van der Waals surface area contributed by atoms with Crippen molar-refractivity contribution in [1.29, 1.82) is 0 Å². The Morgan fingerprint density at radius 2 is 1.76 bits per heavy atom. The fraction of sp³-hybridized carbons (Fsp3) is 1.00. The zero-order valence-electron chi connectivity index (χ0n) is 22.0. The van der Waals surface area contributed by atoms with E-state index < -0.39 is 5.60 Å². The molecule has 5 nitrogen and oxygen atoms in total. The first kappa shape index (κ1) is 25.9. The van der Waals surface area contributed by atoms with Crippen LogP contribution in [0.4, 0.5) is 0 Å². The summed E-state index contributed by atoms with van der Waals surface area (Å²) in [6.07, 6.45) is 14.6. The molecule has 3 N–H and O–H groups in total. The van der Waals surface area contributed by atoms with Gasteiger partial charge in [0, 0.05) is 6.54 Å². The van der Waals surface area contributed by atoms with E-state index in [0.717, 1.165) is 58.2 Å². The number of fused-ring (bicyclic) bond motifs is 5. The molecule has 0 aromatic rings. The summed E-state index contributed by atoms with van der Waals surface area (Å²) >= 11 is 0. The Hall–Kier alpha value is -0.200. The fourth-order valence-corrected chi connectivity index (χ4v) is 8.94. The van der Waals surface area contributed by atoms with Gasteiger partial charge in [0.25, 0.3) is 0 Å². The Kier molecular flexibility index (Phi) is 8.17. The largest absolute Gasteiger partial charge is 0.393 e. The Morgan fingerprint density at radius 3 is 2.55 bits per heavy atom. The Morgan fingerprint density at radius 1 is 0.939 bits per heavy atom. The van der Waals surface area contributed by atoms with Gasteiger partial charge in [-0.05, 0) is 139 Å². The van der Waals surface area contributed by atoms with Crippen LogP contribution in [-0.2, 0) is 4.84 Å². The summed E-state index contributed by atoms with van der Waals surface area (Å²) in [6.45, 7) is 7.75. The van der Waals surface area contributed by atoms with Gasteiger partial charge in [-0.3, -0.25) is 0 Å². The molecule has 0 bridgehead atoms. The highest BCUT2D eigenvalue weighted by Crippen LogP contribution is 2.69. The van der Waals surface area contributed by atoms with Gasteiger partial charge >= 0.3 is 0 Å². The predicted octanol–water partition coefficient (Wildman–Crippen LogP) is 4.76. The van der Waals surface area contributed by atoms with Crippen molar-refractivity contribution >= 4 is 0 Å². The highest BCUT2D eigenvalue weighted by atomic mass is 16.6. The van der Waals surface area contributed by atoms with Crippen molar-refractivity contribution in [2.75, 3.05) is 33.8 Å². The second-order valence-corrected chi connectivity index (χ2v) is 12.9.